The standard InChI is InChI=1S/C17H18N4O2/c22-17(19-11-6-9-23-10-7-11)12-5-8-18-15(12)16-20-13-3-1-2-4-14(13)21-16/h1-5,11H,6-10H2,(H,19,22)(H,20,21). The molecular weight excluding hydrogens is 292 g/mol. The number of aromatic nitrogens is 2. The van der Waals surface area contributed by atoms with Crippen molar-refractivity contribution in [3.63, 3.8) is 0 Å². The average Bonchev–Trinajstić information content (AvgIpc) is 3.22. The first kappa shape index (κ1) is 14.1. The second-order valence-electron chi connectivity index (χ2n) is 5.77. The van der Waals surface area contributed by atoms with E-state index >= 15 is 0 Å². The lowest BCUT2D eigenvalue weighted by Gasteiger charge is -2.23. The second-order valence-corrected chi connectivity index (χ2v) is 5.77. The van der Waals surface area contributed by atoms with E-state index in [1.165, 1.54) is 0 Å². The van der Waals surface area contributed by atoms with E-state index in [-0.39, 0.29) is 11.9 Å². The van der Waals surface area contributed by atoms with Gasteiger partial charge in [0.25, 0.3) is 5.91 Å². The molecule has 3 heterocycles. The van der Waals surface area contributed by atoms with Crippen LogP contribution < -0.4 is 5.32 Å². The minimum absolute atomic E-state index is 0.0754. The molecule has 118 valence electrons. The molecule has 0 bridgehead atoms. The van der Waals surface area contributed by atoms with Crippen LogP contribution in [-0.4, -0.2) is 47.4 Å². The molecular formula is C17H18N4O2. The summed E-state index contributed by atoms with van der Waals surface area (Å²) in [5, 5.41) is 3.08. The van der Waals surface area contributed by atoms with Gasteiger partial charge in [-0.15, -0.1) is 0 Å². The Morgan fingerprint density at radius 2 is 2.09 bits per heavy atom. The summed E-state index contributed by atoms with van der Waals surface area (Å²) in [5.74, 6) is 0.575. The number of nitrogens with one attached hydrogen (secondary N) is 2. The zero-order valence-corrected chi connectivity index (χ0v) is 12.7. The Morgan fingerprint density at radius 3 is 2.91 bits per heavy atom. The van der Waals surface area contributed by atoms with Crippen molar-refractivity contribution in [2.75, 3.05) is 19.8 Å². The maximum absolute atomic E-state index is 12.6. The Balaban J connectivity index is 1.54. The lowest BCUT2D eigenvalue weighted by atomic mass is 10.1. The van der Waals surface area contributed by atoms with E-state index in [0.717, 1.165) is 23.9 Å². The van der Waals surface area contributed by atoms with Gasteiger partial charge in [-0.2, -0.15) is 0 Å². The summed E-state index contributed by atoms with van der Waals surface area (Å²) in [6, 6.07) is 7.98. The predicted octanol–water partition coefficient (Wildman–Crippen LogP) is 1.59. The van der Waals surface area contributed by atoms with Gasteiger partial charge in [-0.1, -0.05) is 12.1 Å². The summed E-state index contributed by atoms with van der Waals surface area (Å²) in [6.45, 7) is 1.92. The highest BCUT2D eigenvalue weighted by Crippen LogP contribution is 2.18. The van der Waals surface area contributed by atoms with Crippen molar-refractivity contribution in [1.29, 1.82) is 0 Å². The van der Waals surface area contributed by atoms with Gasteiger partial charge in [-0.3, -0.25) is 9.79 Å². The molecule has 1 aromatic carbocycles. The molecule has 0 atom stereocenters. The number of hydrogen-bond acceptors (Lipinski definition) is 4. The number of amides is 1. The number of nitrogens with zero attached hydrogens (tertiary/aromatic N) is 2. The van der Waals surface area contributed by atoms with E-state index in [0.29, 0.717) is 36.9 Å². The lowest BCUT2D eigenvalue weighted by Crippen LogP contribution is -2.40. The Bertz CT molecular complexity index is 767. The number of fused-ring (bicyclic) bond motifs is 1. The molecule has 6 nitrogen and oxygen atoms in total. The van der Waals surface area contributed by atoms with Gasteiger partial charge >= 0.3 is 0 Å². The van der Waals surface area contributed by atoms with Crippen LogP contribution >= 0.6 is 0 Å². The first-order chi connectivity index (χ1) is 11.3. The maximum atomic E-state index is 12.6. The number of aliphatic imine (C=N–C) groups is 1. The van der Waals surface area contributed by atoms with Crippen molar-refractivity contribution in [2.24, 2.45) is 4.99 Å². The molecule has 1 fully saturated rings. The van der Waals surface area contributed by atoms with Crippen LogP contribution in [0, 0.1) is 0 Å². The molecule has 0 unspecified atom stereocenters. The van der Waals surface area contributed by atoms with Gasteiger partial charge in [0.05, 0.1) is 23.2 Å². The SMILES string of the molecule is O=C(NC1CCOCC1)C1=CCN=C1c1nc2ccccc2[nH]1. The van der Waals surface area contributed by atoms with Crippen molar-refractivity contribution < 1.29 is 9.53 Å². The van der Waals surface area contributed by atoms with Crippen molar-refractivity contribution >= 4 is 22.7 Å². The number of rotatable bonds is 3. The topological polar surface area (TPSA) is 79.4 Å². The summed E-state index contributed by atoms with van der Waals surface area (Å²) >= 11 is 0. The number of H-pyrrole nitrogens is 1. The minimum atomic E-state index is -0.0754. The number of aromatic amines is 1. The normalized spacial score (nSPS) is 18.8. The molecule has 0 aliphatic carbocycles. The molecule has 1 aromatic heterocycles. The molecule has 0 spiro atoms. The molecule has 1 amide bonds. The maximum Gasteiger partial charge on any atom is 0.253 e. The monoisotopic (exact) mass is 310 g/mol. The fourth-order valence-electron chi connectivity index (χ4n) is 2.98. The number of carbonyl (C=O) groups excluding carboxylic acids is 1. The van der Waals surface area contributed by atoms with E-state index in [4.69, 9.17) is 4.74 Å². The van der Waals surface area contributed by atoms with Gasteiger partial charge in [0.15, 0.2) is 5.82 Å². The quantitative estimate of drug-likeness (QED) is 0.903. The van der Waals surface area contributed by atoms with Crippen molar-refractivity contribution in [2.45, 2.75) is 18.9 Å². The Hall–Kier alpha value is -2.47. The smallest absolute Gasteiger partial charge is 0.253 e. The summed E-state index contributed by atoms with van der Waals surface area (Å²) < 4.78 is 5.33. The zero-order chi connectivity index (χ0) is 15.6. The van der Waals surface area contributed by atoms with E-state index in [1.54, 1.807) is 0 Å². The Labute approximate surface area is 133 Å². The highest BCUT2D eigenvalue weighted by molar-refractivity contribution is 6.28. The second kappa shape index (κ2) is 5.96. The molecule has 2 aliphatic heterocycles. The van der Waals surface area contributed by atoms with Crippen LogP contribution in [0.4, 0.5) is 0 Å². The van der Waals surface area contributed by atoms with E-state index in [1.807, 2.05) is 30.3 Å². The van der Waals surface area contributed by atoms with Gasteiger partial charge in [0.2, 0.25) is 0 Å². The number of carbonyl (C=O) groups is 1. The molecule has 0 radical (unpaired) electrons. The third-order valence-corrected chi connectivity index (χ3v) is 4.21. The summed E-state index contributed by atoms with van der Waals surface area (Å²) in [4.78, 5) is 24.8. The first-order valence-electron chi connectivity index (χ1n) is 7.90. The van der Waals surface area contributed by atoms with Crippen LogP contribution in [0.2, 0.25) is 0 Å². The molecule has 1 saturated heterocycles. The third kappa shape index (κ3) is 2.77. The molecule has 23 heavy (non-hydrogen) atoms. The number of hydrogen-bond donors (Lipinski definition) is 2. The third-order valence-electron chi connectivity index (χ3n) is 4.21. The van der Waals surface area contributed by atoms with Crippen LogP contribution in [-0.2, 0) is 9.53 Å². The Kier molecular flexibility index (Phi) is 3.67. The van der Waals surface area contributed by atoms with E-state index < -0.39 is 0 Å². The zero-order valence-electron chi connectivity index (χ0n) is 12.7. The lowest BCUT2D eigenvalue weighted by molar-refractivity contribution is -0.118. The van der Waals surface area contributed by atoms with Crippen molar-refractivity contribution in [1.82, 2.24) is 15.3 Å². The summed E-state index contributed by atoms with van der Waals surface area (Å²) in [6.07, 6.45) is 3.57. The van der Waals surface area contributed by atoms with Crippen LogP contribution in [0.15, 0.2) is 40.9 Å². The van der Waals surface area contributed by atoms with Crippen LogP contribution in [0.1, 0.15) is 18.7 Å². The van der Waals surface area contributed by atoms with Crippen LogP contribution in [0.3, 0.4) is 0 Å². The Morgan fingerprint density at radius 1 is 1.26 bits per heavy atom. The number of para-hydroxylation sites is 2. The summed E-state index contributed by atoms with van der Waals surface area (Å²) in [7, 11) is 0. The molecule has 4 rings (SSSR count). The van der Waals surface area contributed by atoms with Gasteiger partial charge in [-0.05, 0) is 31.1 Å². The molecule has 2 aliphatic rings. The van der Waals surface area contributed by atoms with Gasteiger partial charge in [0, 0.05) is 19.3 Å². The summed E-state index contributed by atoms with van der Waals surface area (Å²) in [5.41, 5.74) is 3.07. The van der Waals surface area contributed by atoms with E-state index in [2.05, 4.69) is 20.3 Å². The van der Waals surface area contributed by atoms with Crippen LogP contribution in [0.25, 0.3) is 11.0 Å². The molecule has 2 N–H and O–H groups in total. The van der Waals surface area contributed by atoms with E-state index in [9.17, 15) is 4.79 Å². The highest BCUT2D eigenvalue weighted by atomic mass is 16.5. The average molecular weight is 310 g/mol. The van der Waals surface area contributed by atoms with Gasteiger partial charge in [-0.25, -0.2) is 4.98 Å². The van der Waals surface area contributed by atoms with Gasteiger partial charge < -0.3 is 15.0 Å². The number of ether oxygens (including phenoxy) is 1. The first-order valence-corrected chi connectivity index (χ1v) is 7.90. The highest BCUT2D eigenvalue weighted by Gasteiger charge is 2.25. The largest absolute Gasteiger partial charge is 0.381 e. The number of benzene rings is 1. The minimum Gasteiger partial charge on any atom is -0.381 e. The number of imidazole rings is 1. The molecule has 6 heteroatoms. The fraction of sp³-hybridized carbons (Fsp3) is 0.353. The molecule has 0 saturated carbocycles. The van der Waals surface area contributed by atoms with Crippen molar-refractivity contribution in [3.05, 3.63) is 41.7 Å². The predicted molar refractivity (Wildman–Crippen MR) is 87.6 cm³/mol. The molecule has 2 aromatic rings. The van der Waals surface area contributed by atoms with Crippen LogP contribution in [0.5, 0.6) is 0 Å². The van der Waals surface area contributed by atoms with Gasteiger partial charge in [0.1, 0.15) is 5.71 Å². The van der Waals surface area contributed by atoms with Crippen molar-refractivity contribution in [3.8, 4) is 0 Å². The fourth-order valence-corrected chi connectivity index (χ4v) is 2.98.